The first-order valence-electron chi connectivity index (χ1n) is 14.3. The number of amides is 2. The van der Waals surface area contributed by atoms with Gasteiger partial charge in [0.25, 0.3) is 10.0 Å². The van der Waals surface area contributed by atoms with Crippen molar-refractivity contribution in [2.24, 2.45) is 0 Å². The van der Waals surface area contributed by atoms with Crippen molar-refractivity contribution in [3.63, 3.8) is 0 Å². The van der Waals surface area contributed by atoms with E-state index in [1.165, 1.54) is 24.1 Å². The van der Waals surface area contributed by atoms with Crippen LogP contribution in [0.4, 0.5) is 5.69 Å². The quantitative estimate of drug-likeness (QED) is 0.281. The van der Waals surface area contributed by atoms with Gasteiger partial charge in [-0.25, -0.2) is 8.42 Å². The van der Waals surface area contributed by atoms with Gasteiger partial charge in [0.05, 0.1) is 17.7 Å². The lowest BCUT2D eigenvalue weighted by molar-refractivity contribution is -0.140. The molecule has 0 bridgehead atoms. The van der Waals surface area contributed by atoms with Crippen molar-refractivity contribution >= 4 is 27.5 Å². The van der Waals surface area contributed by atoms with E-state index in [2.05, 4.69) is 5.32 Å². The fourth-order valence-corrected chi connectivity index (χ4v) is 6.13. The fourth-order valence-electron chi connectivity index (χ4n) is 4.71. The molecule has 0 spiro atoms. The molecule has 3 aromatic carbocycles. The summed E-state index contributed by atoms with van der Waals surface area (Å²) in [7, 11) is -2.74. The molecule has 2 atom stereocenters. The molecule has 1 N–H and O–H groups in total. The molecule has 0 aliphatic rings. The van der Waals surface area contributed by atoms with Crippen molar-refractivity contribution < 1.29 is 22.7 Å². The lowest BCUT2D eigenvalue weighted by atomic mass is 10.1. The second-order valence-electron chi connectivity index (χ2n) is 10.8. The number of sulfonamides is 1. The first-order valence-corrected chi connectivity index (χ1v) is 15.7. The summed E-state index contributed by atoms with van der Waals surface area (Å²) < 4.78 is 35.0. The molecular weight excluding hydrogens is 550 g/mol. The Kier molecular flexibility index (Phi) is 11.2. The summed E-state index contributed by atoms with van der Waals surface area (Å²) in [4.78, 5) is 29.3. The first-order chi connectivity index (χ1) is 19.9. The number of anilines is 1. The summed E-state index contributed by atoms with van der Waals surface area (Å²) in [6.07, 6.45) is 1.10. The van der Waals surface area contributed by atoms with E-state index in [-0.39, 0.29) is 29.1 Å². The molecule has 2 unspecified atom stereocenters. The van der Waals surface area contributed by atoms with E-state index in [0.29, 0.717) is 12.2 Å². The monoisotopic (exact) mass is 593 g/mol. The predicted molar refractivity (Wildman–Crippen MR) is 167 cm³/mol. The van der Waals surface area contributed by atoms with E-state index in [9.17, 15) is 18.0 Å². The molecule has 8 nitrogen and oxygen atoms in total. The molecule has 3 rings (SSSR count). The Balaban J connectivity index is 2.13. The zero-order valence-electron chi connectivity index (χ0n) is 25.7. The maximum Gasteiger partial charge on any atom is 0.264 e. The average Bonchev–Trinajstić information content (AvgIpc) is 2.95. The third-order valence-corrected chi connectivity index (χ3v) is 9.09. The fraction of sp³-hybridized carbons (Fsp3) is 0.394. The highest BCUT2D eigenvalue weighted by Crippen LogP contribution is 2.34. The van der Waals surface area contributed by atoms with Gasteiger partial charge < -0.3 is 15.0 Å². The molecule has 42 heavy (non-hydrogen) atoms. The SMILES string of the molecule is CCC(C)NC(=O)C(CC)N(Cc1cccc(C)c1)C(=O)CN(c1cc(C)ccc1OC)S(=O)(=O)c1ccc(C)cc1. The van der Waals surface area contributed by atoms with Crippen LogP contribution in [0.5, 0.6) is 5.75 Å². The third-order valence-electron chi connectivity index (χ3n) is 7.31. The zero-order chi connectivity index (χ0) is 31.0. The topological polar surface area (TPSA) is 96.0 Å². The number of ether oxygens (including phenoxy) is 1. The van der Waals surface area contributed by atoms with Gasteiger partial charge in [-0.2, -0.15) is 0 Å². The minimum Gasteiger partial charge on any atom is -0.495 e. The van der Waals surface area contributed by atoms with Crippen LogP contribution >= 0.6 is 0 Å². The number of hydrogen-bond donors (Lipinski definition) is 1. The number of hydrogen-bond acceptors (Lipinski definition) is 5. The highest BCUT2D eigenvalue weighted by Gasteiger charge is 2.35. The molecule has 2 amide bonds. The third kappa shape index (κ3) is 7.91. The van der Waals surface area contributed by atoms with Gasteiger partial charge in [-0.3, -0.25) is 13.9 Å². The van der Waals surface area contributed by atoms with E-state index in [0.717, 1.165) is 33.0 Å². The Morgan fingerprint density at radius 1 is 0.881 bits per heavy atom. The maximum absolute atomic E-state index is 14.3. The Morgan fingerprint density at radius 3 is 2.12 bits per heavy atom. The molecule has 0 saturated heterocycles. The highest BCUT2D eigenvalue weighted by atomic mass is 32.2. The molecule has 0 heterocycles. The van der Waals surface area contributed by atoms with Gasteiger partial charge in [-0.15, -0.1) is 0 Å². The summed E-state index contributed by atoms with van der Waals surface area (Å²) in [5, 5.41) is 3.00. The normalized spacial score (nSPS) is 12.7. The largest absolute Gasteiger partial charge is 0.495 e. The smallest absolute Gasteiger partial charge is 0.264 e. The molecule has 0 fully saturated rings. The van der Waals surface area contributed by atoms with Crippen LogP contribution in [0, 0.1) is 20.8 Å². The number of nitrogens with one attached hydrogen (secondary N) is 1. The van der Waals surface area contributed by atoms with Crippen molar-refractivity contribution in [1.82, 2.24) is 10.2 Å². The Hall–Kier alpha value is -3.85. The minimum atomic E-state index is -4.20. The summed E-state index contributed by atoms with van der Waals surface area (Å²) in [6.45, 7) is 11.1. The number of benzene rings is 3. The van der Waals surface area contributed by atoms with Gasteiger partial charge in [-0.05, 0) is 75.9 Å². The zero-order valence-corrected chi connectivity index (χ0v) is 26.5. The van der Waals surface area contributed by atoms with Crippen LogP contribution in [0.3, 0.4) is 0 Å². The molecular formula is C33H43N3O5S. The van der Waals surface area contributed by atoms with Crippen LogP contribution < -0.4 is 14.4 Å². The second kappa shape index (κ2) is 14.4. The first kappa shape index (κ1) is 32.7. The Labute approximate surface area is 250 Å². The van der Waals surface area contributed by atoms with Crippen LogP contribution in [0.15, 0.2) is 71.6 Å². The van der Waals surface area contributed by atoms with Gasteiger partial charge >= 0.3 is 0 Å². The van der Waals surface area contributed by atoms with Crippen LogP contribution in [-0.4, -0.2) is 50.9 Å². The molecule has 226 valence electrons. The second-order valence-corrected chi connectivity index (χ2v) is 12.6. The molecule has 9 heteroatoms. The number of methoxy groups -OCH3 is 1. The maximum atomic E-state index is 14.3. The van der Waals surface area contributed by atoms with Gasteiger partial charge in [-0.1, -0.05) is 67.4 Å². The van der Waals surface area contributed by atoms with Gasteiger partial charge in [0.1, 0.15) is 18.3 Å². The van der Waals surface area contributed by atoms with Crippen LogP contribution in [-0.2, 0) is 26.2 Å². The van der Waals surface area contributed by atoms with E-state index in [1.54, 1.807) is 24.3 Å². The number of nitrogens with zero attached hydrogens (tertiary/aromatic N) is 2. The van der Waals surface area contributed by atoms with Crippen molar-refractivity contribution in [2.75, 3.05) is 18.0 Å². The summed E-state index contributed by atoms with van der Waals surface area (Å²) in [5.41, 5.74) is 3.83. The average molecular weight is 594 g/mol. The number of carbonyl (C=O) groups excluding carboxylic acids is 2. The van der Waals surface area contributed by atoms with E-state index < -0.39 is 28.5 Å². The highest BCUT2D eigenvalue weighted by molar-refractivity contribution is 7.92. The molecule has 0 aliphatic carbocycles. The lowest BCUT2D eigenvalue weighted by Gasteiger charge is -2.34. The van der Waals surface area contributed by atoms with Crippen molar-refractivity contribution in [2.45, 2.75) is 77.9 Å². The Morgan fingerprint density at radius 2 is 1.52 bits per heavy atom. The van der Waals surface area contributed by atoms with E-state index >= 15 is 0 Å². The molecule has 0 aliphatic heterocycles. The van der Waals surface area contributed by atoms with E-state index in [1.807, 2.05) is 71.9 Å². The predicted octanol–water partition coefficient (Wildman–Crippen LogP) is 5.54. The van der Waals surface area contributed by atoms with Crippen molar-refractivity contribution in [1.29, 1.82) is 0 Å². The summed E-state index contributed by atoms with van der Waals surface area (Å²) in [5.74, 6) is -0.452. The standard InChI is InChI=1S/C33H43N3O5S/c1-8-26(6)34-33(38)29(9-2)35(21-27-12-10-11-24(4)19-27)32(37)22-36(30-20-25(5)15-18-31(30)41-7)42(39,40)28-16-13-23(3)14-17-28/h10-20,26,29H,8-9,21-22H2,1-7H3,(H,34,38). The van der Waals surface area contributed by atoms with Gasteiger partial charge in [0, 0.05) is 12.6 Å². The molecule has 0 radical (unpaired) electrons. The van der Waals surface area contributed by atoms with Gasteiger partial charge in [0.2, 0.25) is 11.8 Å². The summed E-state index contributed by atoms with van der Waals surface area (Å²) in [6, 6.07) is 18.6. The molecule has 0 aromatic heterocycles. The minimum absolute atomic E-state index is 0.0521. The van der Waals surface area contributed by atoms with Gasteiger partial charge in [0.15, 0.2) is 0 Å². The molecule has 3 aromatic rings. The number of rotatable bonds is 13. The van der Waals surface area contributed by atoms with Crippen LogP contribution in [0.25, 0.3) is 0 Å². The van der Waals surface area contributed by atoms with Crippen LogP contribution in [0.1, 0.15) is 55.9 Å². The van der Waals surface area contributed by atoms with Crippen LogP contribution in [0.2, 0.25) is 0 Å². The summed E-state index contributed by atoms with van der Waals surface area (Å²) >= 11 is 0. The van der Waals surface area contributed by atoms with Crippen molar-refractivity contribution in [3.05, 3.63) is 89.0 Å². The van der Waals surface area contributed by atoms with Crippen molar-refractivity contribution in [3.8, 4) is 5.75 Å². The Bertz CT molecular complexity index is 1490. The lowest BCUT2D eigenvalue weighted by Crippen LogP contribution is -2.53. The number of aryl methyl sites for hydroxylation is 3. The van der Waals surface area contributed by atoms with E-state index in [4.69, 9.17) is 4.74 Å². The molecule has 0 saturated carbocycles. The number of carbonyl (C=O) groups is 2.